The number of aryl methyl sites for hydroxylation is 1. The van der Waals surface area contributed by atoms with Gasteiger partial charge >= 0.3 is 0 Å². The van der Waals surface area contributed by atoms with Gasteiger partial charge in [0.25, 0.3) is 0 Å². The third-order valence-electron chi connectivity index (χ3n) is 4.79. The number of piperidine rings is 1. The number of rotatable bonds is 6. The van der Waals surface area contributed by atoms with Gasteiger partial charge in [-0.15, -0.1) is 0 Å². The summed E-state index contributed by atoms with van der Waals surface area (Å²) >= 11 is 0. The largest absolute Gasteiger partial charge is 0.345 e. The number of nitrogens with zero attached hydrogens (tertiary/aromatic N) is 4. The fraction of sp³-hybridized carbons (Fsp3) is 0.750. The molecule has 2 heterocycles. The van der Waals surface area contributed by atoms with Crippen molar-refractivity contribution in [3.8, 4) is 0 Å². The molecule has 2 rings (SSSR count). The van der Waals surface area contributed by atoms with E-state index >= 15 is 0 Å². The molecule has 0 spiro atoms. The van der Waals surface area contributed by atoms with Gasteiger partial charge < -0.3 is 4.90 Å². The summed E-state index contributed by atoms with van der Waals surface area (Å²) in [5, 5.41) is 4.26. The van der Waals surface area contributed by atoms with E-state index < -0.39 is 15.6 Å². The third kappa shape index (κ3) is 4.57. The number of sulfone groups is 1. The van der Waals surface area contributed by atoms with Crippen molar-refractivity contribution < 1.29 is 13.2 Å². The molecular weight excluding hydrogens is 328 g/mol. The van der Waals surface area contributed by atoms with Crippen LogP contribution in [0.3, 0.4) is 0 Å². The molecule has 0 aromatic carbocycles. The van der Waals surface area contributed by atoms with E-state index in [0.29, 0.717) is 6.54 Å². The topological polar surface area (TPSA) is 75.5 Å². The highest BCUT2D eigenvalue weighted by molar-refractivity contribution is 7.92. The third-order valence-corrected chi connectivity index (χ3v) is 6.36. The molecule has 1 aliphatic heterocycles. The first kappa shape index (κ1) is 18.9. The van der Waals surface area contributed by atoms with Crippen LogP contribution >= 0.6 is 0 Å². The van der Waals surface area contributed by atoms with E-state index in [0.717, 1.165) is 24.9 Å². The number of likely N-dealkylation sites (tertiary alicyclic amines) is 1. The maximum Gasteiger partial charge on any atom is 0.237 e. The summed E-state index contributed by atoms with van der Waals surface area (Å²) in [6.07, 6.45) is 5.99. The molecule has 1 aromatic rings. The Labute approximate surface area is 144 Å². The van der Waals surface area contributed by atoms with Crippen LogP contribution in [0.15, 0.2) is 12.4 Å². The van der Waals surface area contributed by atoms with Gasteiger partial charge in [-0.2, -0.15) is 5.10 Å². The summed E-state index contributed by atoms with van der Waals surface area (Å²) in [4.78, 5) is 16.1. The molecule has 1 aromatic heterocycles. The number of aromatic nitrogens is 2. The van der Waals surface area contributed by atoms with Gasteiger partial charge in [0.2, 0.25) is 5.91 Å². The van der Waals surface area contributed by atoms with Crippen LogP contribution in [0.4, 0.5) is 0 Å². The van der Waals surface area contributed by atoms with Crippen molar-refractivity contribution in [1.82, 2.24) is 19.6 Å². The number of hydrogen-bond acceptors (Lipinski definition) is 5. The highest BCUT2D eigenvalue weighted by Gasteiger charge is 2.33. The molecule has 0 N–H and O–H groups in total. The number of carbonyl (C=O) groups is 1. The summed E-state index contributed by atoms with van der Waals surface area (Å²) in [5.74, 6) is -0.460. The maximum absolute atomic E-state index is 12.2. The standard InChI is InChI=1S/C16H28N4O3S/c1-5-24(22,23)12-15(21)19(3)10-13-7-6-8-18(2)16(13)14-9-17-20(4)11-14/h9,11,13,16H,5-8,10,12H2,1-4H3/t13-,16+/m0/s1. The van der Waals surface area contributed by atoms with Crippen LogP contribution in [0.1, 0.15) is 31.4 Å². The van der Waals surface area contributed by atoms with Crippen molar-refractivity contribution in [1.29, 1.82) is 0 Å². The smallest absolute Gasteiger partial charge is 0.237 e. The maximum atomic E-state index is 12.2. The summed E-state index contributed by atoms with van der Waals surface area (Å²) in [6.45, 7) is 3.14. The molecule has 0 radical (unpaired) electrons. The molecular formula is C16H28N4O3S. The zero-order chi connectivity index (χ0) is 17.9. The second-order valence-electron chi connectivity index (χ2n) is 6.73. The molecule has 0 unspecified atom stereocenters. The van der Waals surface area contributed by atoms with E-state index in [2.05, 4.69) is 17.0 Å². The van der Waals surface area contributed by atoms with Crippen LogP contribution in [-0.2, 0) is 21.7 Å². The highest BCUT2D eigenvalue weighted by Crippen LogP contribution is 2.35. The van der Waals surface area contributed by atoms with E-state index in [1.807, 2.05) is 19.4 Å². The quantitative estimate of drug-likeness (QED) is 0.750. The van der Waals surface area contributed by atoms with Crippen molar-refractivity contribution in [3.63, 3.8) is 0 Å². The van der Waals surface area contributed by atoms with E-state index in [1.165, 1.54) is 0 Å². The second kappa shape index (κ2) is 7.65. The van der Waals surface area contributed by atoms with Gasteiger partial charge in [0.05, 0.1) is 6.20 Å². The molecule has 136 valence electrons. The number of hydrogen-bond donors (Lipinski definition) is 0. The van der Waals surface area contributed by atoms with E-state index in [9.17, 15) is 13.2 Å². The molecule has 1 amide bonds. The van der Waals surface area contributed by atoms with Crippen molar-refractivity contribution in [2.24, 2.45) is 13.0 Å². The average Bonchev–Trinajstić information content (AvgIpc) is 2.93. The molecule has 1 saturated heterocycles. The SMILES string of the molecule is CCS(=O)(=O)CC(=O)N(C)C[C@@H]1CCCN(C)[C@H]1c1cnn(C)c1. The predicted octanol–water partition coefficient (Wildman–Crippen LogP) is 0.696. The first-order valence-corrected chi connectivity index (χ1v) is 10.2. The molecule has 24 heavy (non-hydrogen) atoms. The lowest BCUT2D eigenvalue weighted by molar-refractivity contribution is -0.128. The summed E-state index contributed by atoms with van der Waals surface area (Å²) in [5.41, 5.74) is 1.15. The second-order valence-corrected chi connectivity index (χ2v) is 9.08. The summed E-state index contributed by atoms with van der Waals surface area (Å²) < 4.78 is 25.1. The molecule has 0 aliphatic carbocycles. The summed E-state index contributed by atoms with van der Waals surface area (Å²) in [7, 11) is 2.39. The minimum atomic E-state index is -3.29. The Balaban J connectivity index is 2.09. The highest BCUT2D eigenvalue weighted by atomic mass is 32.2. The Morgan fingerprint density at radius 2 is 2.12 bits per heavy atom. The van der Waals surface area contributed by atoms with E-state index in [4.69, 9.17) is 0 Å². The minimum absolute atomic E-state index is 0.00292. The van der Waals surface area contributed by atoms with Crippen molar-refractivity contribution in [2.45, 2.75) is 25.8 Å². The van der Waals surface area contributed by atoms with Gasteiger partial charge in [-0.05, 0) is 32.4 Å². The molecule has 1 aliphatic rings. The van der Waals surface area contributed by atoms with Crippen molar-refractivity contribution >= 4 is 15.7 Å². The number of amides is 1. The Morgan fingerprint density at radius 1 is 1.42 bits per heavy atom. The normalized spacial score (nSPS) is 22.5. The molecule has 7 nitrogen and oxygen atoms in total. The molecule has 0 saturated carbocycles. The van der Waals surface area contributed by atoms with Gasteiger partial charge in [-0.3, -0.25) is 14.4 Å². The van der Waals surface area contributed by atoms with Crippen molar-refractivity contribution in [2.75, 3.05) is 38.7 Å². The lowest BCUT2D eigenvalue weighted by atomic mass is 9.86. The lowest BCUT2D eigenvalue weighted by Gasteiger charge is -2.40. The van der Waals surface area contributed by atoms with Gasteiger partial charge in [-0.25, -0.2) is 8.42 Å². The van der Waals surface area contributed by atoms with Gasteiger partial charge in [0.15, 0.2) is 9.84 Å². The molecule has 8 heteroatoms. The monoisotopic (exact) mass is 356 g/mol. The van der Waals surface area contributed by atoms with Crippen LogP contribution in [-0.4, -0.2) is 72.6 Å². The van der Waals surface area contributed by atoms with Crippen LogP contribution < -0.4 is 0 Å². The lowest BCUT2D eigenvalue weighted by Crippen LogP contribution is -2.43. The van der Waals surface area contributed by atoms with E-state index in [-0.39, 0.29) is 23.6 Å². The first-order valence-electron chi connectivity index (χ1n) is 8.36. The van der Waals surface area contributed by atoms with Gasteiger partial charge in [0.1, 0.15) is 5.75 Å². The predicted molar refractivity (Wildman–Crippen MR) is 93.3 cm³/mol. The Morgan fingerprint density at radius 3 is 2.71 bits per heavy atom. The Bertz CT molecular complexity index is 671. The van der Waals surface area contributed by atoms with Crippen LogP contribution in [0.2, 0.25) is 0 Å². The number of carbonyl (C=O) groups excluding carboxylic acids is 1. The zero-order valence-corrected chi connectivity index (χ0v) is 15.8. The zero-order valence-electron chi connectivity index (χ0n) is 15.0. The van der Waals surface area contributed by atoms with Crippen LogP contribution in [0.25, 0.3) is 0 Å². The Kier molecular flexibility index (Phi) is 6.03. The van der Waals surface area contributed by atoms with Crippen LogP contribution in [0, 0.1) is 5.92 Å². The van der Waals surface area contributed by atoms with Crippen molar-refractivity contribution in [3.05, 3.63) is 18.0 Å². The fourth-order valence-electron chi connectivity index (χ4n) is 3.42. The molecule has 0 bridgehead atoms. The van der Waals surface area contributed by atoms with Gasteiger partial charge in [0, 0.05) is 44.2 Å². The fourth-order valence-corrected chi connectivity index (χ4v) is 4.23. The molecule has 2 atom stereocenters. The van der Waals surface area contributed by atoms with Crippen LogP contribution in [0.5, 0.6) is 0 Å². The Hall–Kier alpha value is -1.41. The van der Waals surface area contributed by atoms with Gasteiger partial charge in [-0.1, -0.05) is 6.92 Å². The summed E-state index contributed by atoms with van der Waals surface area (Å²) in [6, 6.07) is 0.200. The minimum Gasteiger partial charge on any atom is -0.345 e. The molecule has 1 fully saturated rings. The average molecular weight is 356 g/mol. The first-order chi connectivity index (χ1) is 11.2. The van der Waals surface area contributed by atoms with E-state index in [1.54, 1.807) is 23.6 Å².